The number of alkyl halides is 1. The molecule has 1 atom stereocenters. The highest BCUT2D eigenvalue weighted by molar-refractivity contribution is 9.09. The fourth-order valence-corrected chi connectivity index (χ4v) is 3.46. The molecule has 0 saturated carbocycles. The Hall–Kier alpha value is -0.150. The van der Waals surface area contributed by atoms with Crippen molar-refractivity contribution in [2.45, 2.75) is 76.5 Å². The predicted octanol–water partition coefficient (Wildman–Crippen LogP) is 5.86. The molecule has 21 heavy (non-hydrogen) atoms. The van der Waals surface area contributed by atoms with Gasteiger partial charge in [0.25, 0.3) is 0 Å². The van der Waals surface area contributed by atoms with Crippen LogP contribution in [0.1, 0.15) is 80.7 Å². The van der Waals surface area contributed by atoms with Crippen LogP contribution in [0.15, 0.2) is 18.2 Å². The maximum Gasteiger partial charge on any atom is 0.115 e. The van der Waals surface area contributed by atoms with Crippen molar-refractivity contribution in [2.75, 3.05) is 0 Å². The SMILES string of the molecule is CCCCCCCCCCC(Br)c1ccc(O)cc1C.[SH3+]. The molecule has 0 aliphatic carbocycles. The van der Waals surface area contributed by atoms with Crippen molar-refractivity contribution >= 4 is 29.4 Å². The Morgan fingerprint density at radius 3 is 2.14 bits per heavy atom. The lowest BCUT2D eigenvalue weighted by Crippen LogP contribution is -1.94. The van der Waals surface area contributed by atoms with E-state index in [0.717, 1.165) is 0 Å². The number of unbranched alkanes of at least 4 members (excludes halogenated alkanes) is 7. The first kappa shape index (κ1) is 20.9. The van der Waals surface area contributed by atoms with Crippen molar-refractivity contribution in [1.82, 2.24) is 0 Å². The largest absolute Gasteiger partial charge is 0.508 e. The van der Waals surface area contributed by atoms with Crippen LogP contribution in [0.4, 0.5) is 0 Å². The molecule has 1 aromatic rings. The first-order chi connectivity index (χ1) is 9.65. The summed E-state index contributed by atoms with van der Waals surface area (Å²) >= 11 is 3.78. The summed E-state index contributed by atoms with van der Waals surface area (Å²) in [6, 6.07) is 5.66. The van der Waals surface area contributed by atoms with Gasteiger partial charge in [-0.3, -0.25) is 0 Å². The molecule has 1 aromatic carbocycles. The van der Waals surface area contributed by atoms with Gasteiger partial charge >= 0.3 is 0 Å². The molecule has 0 aliphatic rings. The molecule has 1 rings (SSSR count). The number of hydrogen-bond donors (Lipinski definition) is 1. The third-order valence-corrected chi connectivity index (χ3v) is 4.85. The average molecular weight is 376 g/mol. The molecular weight excluding hydrogens is 344 g/mol. The number of phenolic OH excluding ortho intramolecular Hbond substituents is 1. The van der Waals surface area contributed by atoms with E-state index in [1.807, 2.05) is 12.1 Å². The third kappa shape index (κ3) is 8.77. The second-order valence-corrected chi connectivity index (χ2v) is 6.88. The van der Waals surface area contributed by atoms with Crippen molar-refractivity contribution in [2.24, 2.45) is 0 Å². The zero-order chi connectivity index (χ0) is 14.8. The number of aromatic hydroxyl groups is 1. The molecule has 0 aliphatic heterocycles. The van der Waals surface area contributed by atoms with Crippen LogP contribution in [0.2, 0.25) is 0 Å². The van der Waals surface area contributed by atoms with Crippen molar-refractivity contribution < 1.29 is 5.11 Å². The average Bonchev–Trinajstić information content (AvgIpc) is 2.41. The van der Waals surface area contributed by atoms with E-state index in [1.54, 1.807) is 6.07 Å². The van der Waals surface area contributed by atoms with Crippen LogP contribution < -0.4 is 0 Å². The number of halogens is 1. The second kappa shape index (κ2) is 12.4. The lowest BCUT2D eigenvalue weighted by molar-refractivity contribution is 0.474. The van der Waals surface area contributed by atoms with E-state index in [4.69, 9.17) is 0 Å². The molecule has 1 nitrogen and oxygen atoms in total. The summed E-state index contributed by atoms with van der Waals surface area (Å²) in [5.74, 6) is 0.359. The summed E-state index contributed by atoms with van der Waals surface area (Å²) < 4.78 is 0. The Balaban J connectivity index is 0.00000400. The summed E-state index contributed by atoms with van der Waals surface area (Å²) in [6.45, 7) is 4.33. The summed E-state index contributed by atoms with van der Waals surface area (Å²) in [6.07, 6.45) is 12.1. The van der Waals surface area contributed by atoms with E-state index in [0.29, 0.717) is 10.6 Å². The quantitative estimate of drug-likeness (QED) is 0.308. The van der Waals surface area contributed by atoms with Gasteiger partial charge in [-0.1, -0.05) is 93.8 Å². The molecule has 0 amide bonds. The molecule has 0 fully saturated rings. The van der Waals surface area contributed by atoms with Gasteiger partial charge in [0, 0.05) is 4.83 Å². The second-order valence-electron chi connectivity index (χ2n) is 5.77. The molecule has 0 bridgehead atoms. The van der Waals surface area contributed by atoms with Gasteiger partial charge in [0.15, 0.2) is 0 Å². The predicted molar refractivity (Wildman–Crippen MR) is 103 cm³/mol. The van der Waals surface area contributed by atoms with Crippen LogP contribution in [-0.4, -0.2) is 5.11 Å². The fraction of sp³-hybridized carbons (Fsp3) is 0.667. The van der Waals surface area contributed by atoms with Crippen LogP contribution in [0.25, 0.3) is 0 Å². The highest BCUT2D eigenvalue weighted by atomic mass is 79.9. The summed E-state index contributed by atoms with van der Waals surface area (Å²) in [7, 11) is 0. The van der Waals surface area contributed by atoms with Crippen LogP contribution in [0, 0.1) is 6.92 Å². The van der Waals surface area contributed by atoms with E-state index < -0.39 is 0 Å². The zero-order valence-electron chi connectivity index (χ0n) is 13.6. The Morgan fingerprint density at radius 1 is 1.00 bits per heavy atom. The zero-order valence-corrected chi connectivity index (χ0v) is 16.3. The first-order valence-electron chi connectivity index (χ1n) is 8.08. The number of benzene rings is 1. The van der Waals surface area contributed by atoms with E-state index >= 15 is 0 Å². The number of hydrogen-bond acceptors (Lipinski definition) is 1. The van der Waals surface area contributed by atoms with E-state index in [2.05, 4.69) is 29.8 Å². The van der Waals surface area contributed by atoms with Gasteiger partial charge < -0.3 is 5.11 Å². The topological polar surface area (TPSA) is 20.2 Å². The van der Waals surface area contributed by atoms with Crippen molar-refractivity contribution in [3.63, 3.8) is 0 Å². The Bertz CT molecular complexity index is 381. The molecular formula is C18H32BrOS+. The van der Waals surface area contributed by atoms with Gasteiger partial charge in [-0.25, -0.2) is 0 Å². The van der Waals surface area contributed by atoms with Crippen LogP contribution in [-0.2, 0) is 13.5 Å². The summed E-state index contributed by atoms with van der Waals surface area (Å²) in [5.41, 5.74) is 2.48. The van der Waals surface area contributed by atoms with E-state index in [9.17, 15) is 5.11 Å². The number of rotatable bonds is 10. The van der Waals surface area contributed by atoms with Gasteiger partial charge in [-0.05, 0) is 36.6 Å². The smallest absolute Gasteiger partial charge is 0.115 e. The highest BCUT2D eigenvalue weighted by Gasteiger charge is 2.10. The van der Waals surface area contributed by atoms with Crippen LogP contribution >= 0.6 is 15.9 Å². The van der Waals surface area contributed by atoms with Gasteiger partial charge in [-0.2, -0.15) is 0 Å². The molecule has 0 radical (unpaired) electrons. The van der Waals surface area contributed by atoms with Crippen molar-refractivity contribution in [1.29, 1.82) is 0 Å². The maximum absolute atomic E-state index is 9.44. The van der Waals surface area contributed by atoms with E-state index in [-0.39, 0.29) is 13.5 Å². The molecule has 0 heterocycles. The Kier molecular flexibility index (Phi) is 12.3. The standard InChI is InChI=1S/C18H29BrO.H2S/c1-3-4-5-6-7-8-9-10-11-18(19)17-13-12-16(20)14-15(17)2;/h12-14,18,20H,3-11H2,1-2H3;1H2/p+1. The lowest BCUT2D eigenvalue weighted by atomic mass is 10.0. The van der Waals surface area contributed by atoms with Gasteiger partial charge in [0.05, 0.1) is 0 Å². The molecule has 0 spiro atoms. The van der Waals surface area contributed by atoms with Gasteiger partial charge in [-0.15, -0.1) is 0 Å². The molecule has 3 heteroatoms. The van der Waals surface area contributed by atoms with Crippen molar-refractivity contribution in [3.8, 4) is 5.75 Å². The monoisotopic (exact) mass is 375 g/mol. The van der Waals surface area contributed by atoms with Crippen LogP contribution in [0.3, 0.4) is 0 Å². The minimum atomic E-state index is 0. The van der Waals surface area contributed by atoms with Crippen molar-refractivity contribution in [3.05, 3.63) is 29.3 Å². The van der Waals surface area contributed by atoms with Gasteiger partial charge in [0.2, 0.25) is 0 Å². The fourth-order valence-electron chi connectivity index (χ4n) is 2.62. The molecule has 122 valence electrons. The van der Waals surface area contributed by atoms with E-state index in [1.165, 1.54) is 68.9 Å². The Labute approximate surface area is 146 Å². The summed E-state index contributed by atoms with van der Waals surface area (Å²) in [4.78, 5) is 0.420. The lowest BCUT2D eigenvalue weighted by Gasteiger charge is -2.13. The molecule has 0 aromatic heterocycles. The third-order valence-electron chi connectivity index (χ3n) is 3.90. The minimum absolute atomic E-state index is 0. The van der Waals surface area contributed by atoms with Crippen LogP contribution in [0.5, 0.6) is 5.75 Å². The summed E-state index contributed by atoms with van der Waals surface area (Å²) in [5, 5.41) is 9.44. The minimum Gasteiger partial charge on any atom is -0.508 e. The van der Waals surface area contributed by atoms with Gasteiger partial charge in [0.1, 0.15) is 5.75 Å². The number of aryl methyl sites for hydroxylation is 1. The number of phenols is 1. The molecule has 0 saturated heterocycles. The normalized spacial score (nSPS) is 12.0. The molecule has 1 N–H and O–H groups in total. The Morgan fingerprint density at radius 2 is 1.57 bits per heavy atom. The maximum atomic E-state index is 9.44. The molecule has 1 unspecified atom stereocenters. The highest BCUT2D eigenvalue weighted by Crippen LogP contribution is 2.32. The first-order valence-corrected chi connectivity index (χ1v) is 9.00.